The highest BCUT2D eigenvalue weighted by molar-refractivity contribution is 7.24. The average Bonchev–Trinajstić information content (AvgIpc) is 3.97. The summed E-state index contributed by atoms with van der Waals surface area (Å²) in [6.07, 6.45) is 3.10. The van der Waals surface area contributed by atoms with Crippen LogP contribution in [-0.4, -0.2) is 27.5 Å². The summed E-state index contributed by atoms with van der Waals surface area (Å²) in [6, 6.07) is 19.7. The van der Waals surface area contributed by atoms with Crippen molar-refractivity contribution in [2.24, 2.45) is 0 Å². The lowest BCUT2D eigenvalue weighted by atomic mass is 10.0. The molecule has 0 aliphatic rings. The third-order valence-corrected chi connectivity index (χ3v) is 12.4. The van der Waals surface area contributed by atoms with E-state index in [0.717, 1.165) is 86.8 Å². The third-order valence-electron chi connectivity index (χ3n) is 8.94. The minimum atomic E-state index is 0.0186. The molecule has 0 spiro atoms. The van der Waals surface area contributed by atoms with E-state index in [1.54, 1.807) is 34.8 Å². The van der Waals surface area contributed by atoms with Gasteiger partial charge in [-0.3, -0.25) is 0 Å². The molecule has 0 amide bonds. The summed E-state index contributed by atoms with van der Waals surface area (Å²) in [5, 5.41) is 39.4. The van der Waals surface area contributed by atoms with Crippen LogP contribution in [0.25, 0.3) is 97.3 Å². The Hall–Kier alpha value is -6.26. The summed E-state index contributed by atoms with van der Waals surface area (Å²) >= 11 is 5.64. The SMILES string of the molecule is Cc1c2[nH]c3cc(-c4ccc(C=C(C#N)C#N)c5nsnc45)sc3c2c(C)c2[nH]c3cc(-c4ccc(C=C(C#N)C#N)c5nsnc45)sc3c12. The number of thiophene rings is 2. The molecule has 0 radical (unpaired) electrons. The number of aryl methyl sites for hydroxylation is 2. The Balaban J connectivity index is 1.17. The maximum Gasteiger partial charge on any atom is 0.130 e. The molecule has 6 heterocycles. The van der Waals surface area contributed by atoms with Gasteiger partial charge in [0.05, 0.1) is 54.9 Å². The van der Waals surface area contributed by atoms with Crippen molar-refractivity contribution >= 4 is 123 Å². The topological polar surface area (TPSA) is 178 Å². The van der Waals surface area contributed by atoms with Gasteiger partial charge in [0.15, 0.2) is 0 Å². The molecule has 0 atom stereocenters. The van der Waals surface area contributed by atoms with E-state index in [4.69, 9.17) is 0 Å². The molecule has 0 saturated carbocycles. The van der Waals surface area contributed by atoms with Crippen molar-refractivity contribution in [2.45, 2.75) is 13.8 Å². The smallest absolute Gasteiger partial charge is 0.130 e. The van der Waals surface area contributed by atoms with Crippen LogP contribution in [-0.2, 0) is 0 Å². The number of hydrogen-bond acceptors (Lipinski definition) is 12. The lowest BCUT2D eigenvalue weighted by Crippen LogP contribution is -1.85. The number of nitrogens with one attached hydrogen (secondary N) is 2. The van der Waals surface area contributed by atoms with Gasteiger partial charge in [0, 0.05) is 42.8 Å². The number of hydrogen-bond donors (Lipinski definition) is 2. The van der Waals surface area contributed by atoms with Crippen molar-refractivity contribution in [1.29, 1.82) is 21.0 Å². The predicted molar refractivity (Wildman–Crippen MR) is 202 cm³/mol. The molecule has 14 heteroatoms. The van der Waals surface area contributed by atoms with Crippen molar-refractivity contribution in [3.05, 3.63) is 69.8 Å². The standard InChI is InChI=1S/C36H16N10S4/c1-15-27-30(42-23-9-25(47-35(23)27)21-5-3-19(7-17(11-37)12-38)31-33(21)45-49-43-31)16(2)28-29(15)41-24-10-26(48-36(24)28)22-6-4-20(8-18(13-39)14-40)32-34(22)46-50-44-32/h3-10,41-42H,1-2H3. The van der Waals surface area contributed by atoms with E-state index in [1.165, 1.54) is 21.9 Å². The molecular formula is C36H16N10S4. The second-order valence-corrected chi connectivity index (χ2v) is 14.8. The Morgan fingerprint density at radius 3 is 1.40 bits per heavy atom. The molecule has 6 aromatic heterocycles. The van der Waals surface area contributed by atoms with Gasteiger partial charge in [-0.1, -0.05) is 24.3 Å². The Kier molecular flexibility index (Phi) is 6.65. The van der Waals surface area contributed by atoms with Crippen LogP contribution in [0.1, 0.15) is 22.3 Å². The monoisotopic (exact) mass is 716 g/mol. The first-order valence-corrected chi connectivity index (χ1v) is 18.1. The van der Waals surface area contributed by atoms with Gasteiger partial charge in [0.2, 0.25) is 0 Å². The molecule has 0 fully saturated rings. The van der Waals surface area contributed by atoms with Crippen LogP contribution in [0.4, 0.5) is 0 Å². The number of nitriles is 4. The van der Waals surface area contributed by atoms with E-state index in [0.29, 0.717) is 22.2 Å². The number of H-pyrrole nitrogens is 2. The minimum Gasteiger partial charge on any atom is -0.354 e. The van der Waals surface area contributed by atoms with E-state index in [9.17, 15) is 21.0 Å². The molecule has 0 saturated heterocycles. The van der Waals surface area contributed by atoms with Gasteiger partial charge in [0.25, 0.3) is 0 Å². The van der Waals surface area contributed by atoms with E-state index in [2.05, 4.69) is 53.4 Å². The second-order valence-electron chi connectivity index (χ2n) is 11.6. The van der Waals surface area contributed by atoms with Gasteiger partial charge in [-0.05, 0) is 49.3 Å². The lowest BCUT2D eigenvalue weighted by molar-refractivity contribution is 1.45. The molecule has 2 N–H and O–H groups in total. The zero-order valence-corrected chi connectivity index (χ0v) is 29.1. The van der Waals surface area contributed by atoms with Gasteiger partial charge in [-0.2, -0.15) is 38.5 Å². The molecule has 50 heavy (non-hydrogen) atoms. The molecular weight excluding hydrogens is 701 g/mol. The van der Waals surface area contributed by atoms with E-state index in [-0.39, 0.29) is 11.1 Å². The van der Waals surface area contributed by atoms with Crippen molar-refractivity contribution in [2.75, 3.05) is 0 Å². The largest absolute Gasteiger partial charge is 0.354 e. The molecule has 0 aliphatic heterocycles. The summed E-state index contributed by atoms with van der Waals surface area (Å²) in [7, 11) is 0. The van der Waals surface area contributed by atoms with Crippen LogP contribution in [0.3, 0.4) is 0 Å². The van der Waals surface area contributed by atoms with Gasteiger partial charge >= 0.3 is 0 Å². The maximum absolute atomic E-state index is 9.25. The molecule has 9 aromatic rings. The predicted octanol–water partition coefficient (Wildman–Crippen LogP) is 9.90. The van der Waals surface area contributed by atoms with Crippen LogP contribution in [0.15, 0.2) is 47.5 Å². The zero-order valence-electron chi connectivity index (χ0n) is 25.8. The Labute approximate surface area is 298 Å². The number of fused-ring (bicyclic) bond motifs is 8. The first-order valence-electron chi connectivity index (χ1n) is 15.0. The molecule has 10 nitrogen and oxygen atoms in total. The summed E-state index contributed by atoms with van der Waals surface area (Å²) in [5.41, 5.74) is 12.8. The van der Waals surface area contributed by atoms with Crippen molar-refractivity contribution in [3.63, 3.8) is 0 Å². The second kappa shape index (κ2) is 11.1. The van der Waals surface area contributed by atoms with Crippen molar-refractivity contribution < 1.29 is 0 Å². The molecule has 0 bridgehead atoms. The summed E-state index contributed by atoms with van der Waals surface area (Å²) in [5.74, 6) is 0. The number of benzene rings is 3. The highest BCUT2D eigenvalue weighted by Gasteiger charge is 2.23. The maximum atomic E-state index is 9.25. The van der Waals surface area contributed by atoms with Gasteiger partial charge in [-0.15, -0.1) is 22.7 Å². The minimum absolute atomic E-state index is 0.0186. The highest BCUT2D eigenvalue weighted by atomic mass is 32.1. The Morgan fingerprint density at radius 1 is 0.600 bits per heavy atom. The van der Waals surface area contributed by atoms with Crippen molar-refractivity contribution in [1.82, 2.24) is 27.5 Å². The van der Waals surface area contributed by atoms with Crippen LogP contribution in [0.5, 0.6) is 0 Å². The van der Waals surface area contributed by atoms with Crippen LogP contribution in [0, 0.1) is 59.2 Å². The fourth-order valence-electron chi connectivity index (χ4n) is 6.65. The molecule has 3 aromatic carbocycles. The number of rotatable bonds is 4. The number of aromatic nitrogens is 6. The Morgan fingerprint density at radius 2 is 1.00 bits per heavy atom. The Bertz CT molecular complexity index is 2940. The summed E-state index contributed by atoms with van der Waals surface area (Å²) in [6.45, 7) is 4.33. The molecule has 0 aliphatic carbocycles. The van der Waals surface area contributed by atoms with Gasteiger partial charge in [0.1, 0.15) is 57.5 Å². The fraction of sp³-hybridized carbons (Fsp3) is 0.0556. The van der Waals surface area contributed by atoms with Crippen LogP contribution in [0.2, 0.25) is 0 Å². The highest BCUT2D eigenvalue weighted by Crippen LogP contribution is 2.47. The van der Waals surface area contributed by atoms with E-state index >= 15 is 0 Å². The normalized spacial score (nSPS) is 11.3. The number of aromatic amines is 2. The first kappa shape index (κ1) is 29.8. The average molecular weight is 717 g/mol. The quantitative estimate of drug-likeness (QED) is 0.169. The zero-order chi connectivity index (χ0) is 34.3. The molecule has 0 unspecified atom stereocenters. The molecule has 9 rings (SSSR count). The first-order chi connectivity index (χ1) is 24.4. The van der Waals surface area contributed by atoms with Crippen LogP contribution < -0.4 is 0 Å². The summed E-state index contributed by atoms with van der Waals surface area (Å²) in [4.78, 5) is 9.56. The fourth-order valence-corrected chi connectivity index (χ4v) is 10.3. The van der Waals surface area contributed by atoms with E-state index < -0.39 is 0 Å². The van der Waals surface area contributed by atoms with Gasteiger partial charge in [-0.25, -0.2) is 0 Å². The third kappa shape index (κ3) is 4.25. The molecule has 234 valence electrons. The number of allylic oxidation sites excluding steroid dienone is 2. The lowest BCUT2D eigenvalue weighted by Gasteiger charge is -2.06. The van der Waals surface area contributed by atoms with Gasteiger partial charge < -0.3 is 9.97 Å². The summed E-state index contributed by atoms with van der Waals surface area (Å²) < 4.78 is 20.5. The van der Waals surface area contributed by atoms with Crippen LogP contribution >= 0.6 is 46.1 Å². The van der Waals surface area contributed by atoms with E-state index in [1.807, 2.05) is 48.5 Å². The van der Waals surface area contributed by atoms with Crippen molar-refractivity contribution in [3.8, 4) is 45.2 Å². The number of nitrogens with zero attached hydrogens (tertiary/aromatic N) is 8.